The van der Waals surface area contributed by atoms with Crippen LogP contribution in [0.1, 0.15) is 6.92 Å². The van der Waals surface area contributed by atoms with Crippen molar-refractivity contribution >= 4 is 6.29 Å². The molecule has 0 aromatic carbocycles. The summed E-state index contributed by atoms with van der Waals surface area (Å²) in [7, 11) is 0. The van der Waals surface area contributed by atoms with Gasteiger partial charge in [0.25, 0.3) is 0 Å². The SMILES string of the molecule is CCO/C=C/C=O. The van der Waals surface area contributed by atoms with E-state index in [1.807, 2.05) is 6.92 Å². The Hall–Kier alpha value is -0.790. The predicted octanol–water partition coefficient (Wildman–Crippen LogP) is 0.736. The fourth-order valence-electron chi connectivity index (χ4n) is 0.184. The zero-order valence-electron chi connectivity index (χ0n) is 4.26. The molecule has 0 aliphatic rings. The number of carbonyl (C=O) groups excluding carboxylic acids is 1. The van der Waals surface area contributed by atoms with Crippen LogP contribution in [0.4, 0.5) is 0 Å². The zero-order valence-corrected chi connectivity index (χ0v) is 4.26. The van der Waals surface area contributed by atoms with Crippen molar-refractivity contribution in [3.8, 4) is 0 Å². The van der Waals surface area contributed by atoms with Crippen molar-refractivity contribution in [1.82, 2.24) is 0 Å². The first-order valence-electron chi connectivity index (χ1n) is 2.13. The van der Waals surface area contributed by atoms with E-state index < -0.39 is 0 Å². The van der Waals surface area contributed by atoms with Gasteiger partial charge in [0.05, 0.1) is 12.9 Å². The fourth-order valence-corrected chi connectivity index (χ4v) is 0.184. The Morgan fingerprint density at radius 2 is 2.43 bits per heavy atom. The van der Waals surface area contributed by atoms with Crippen molar-refractivity contribution in [2.24, 2.45) is 0 Å². The summed E-state index contributed by atoms with van der Waals surface area (Å²) in [6.45, 7) is 2.47. The standard InChI is InChI=1S/C5H8O2/c1-2-7-5-3-4-6/h3-5H,2H2,1H3/b5-3+. The van der Waals surface area contributed by atoms with E-state index in [1.54, 1.807) is 0 Å². The number of rotatable bonds is 3. The molecule has 0 heterocycles. The quantitative estimate of drug-likeness (QED) is 0.297. The highest BCUT2D eigenvalue weighted by Crippen LogP contribution is 1.70. The summed E-state index contributed by atoms with van der Waals surface area (Å²) in [5, 5.41) is 0. The second kappa shape index (κ2) is 5.21. The minimum atomic E-state index is 0.615. The van der Waals surface area contributed by atoms with Crippen LogP contribution in [0.15, 0.2) is 12.3 Å². The van der Waals surface area contributed by atoms with Gasteiger partial charge in [-0.1, -0.05) is 0 Å². The van der Waals surface area contributed by atoms with Crippen LogP contribution in [-0.4, -0.2) is 12.9 Å². The molecule has 0 unspecified atom stereocenters. The van der Waals surface area contributed by atoms with Gasteiger partial charge in [0, 0.05) is 6.08 Å². The van der Waals surface area contributed by atoms with Crippen LogP contribution in [0.5, 0.6) is 0 Å². The first kappa shape index (κ1) is 6.21. The topological polar surface area (TPSA) is 26.3 Å². The van der Waals surface area contributed by atoms with E-state index in [9.17, 15) is 4.79 Å². The van der Waals surface area contributed by atoms with Gasteiger partial charge in [0.2, 0.25) is 0 Å². The van der Waals surface area contributed by atoms with Gasteiger partial charge in [0.1, 0.15) is 6.29 Å². The van der Waals surface area contributed by atoms with Crippen LogP contribution in [0.25, 0.3) is 0 Å². The van der Waals surface area contributed by atoms with Gasteiger partial charge in [-0.3, -0.25) is 4.79 Å². The van der Waals surface area contributed by atoms with Crippen LogP contribution in [0, 0.1) is 0 Å². The van der Waals surface area contributed by atoms with Crippen molar-refractivity contribution in [2.75, 3.05) is 6.61 Å². The van der Waals surface area contributed by atoms with Gasteiger partial charge in [0.15, 0.2) is 0 Å². The molecule has 7 heavy (non-hydrogen) atoms. The molecule has 0 aliphatic carbocycles. The molecule has 0 amide bonds. The van der Waals surface area contributed by atoms with E-state index in [-0.39, 0.29) is 0 Å². The molecule has 0 saturated heterocycles. The minimum absolute atomic E-state index is 0.615. The summed E-state index contributed by atoms with van der Waals surface area (Å²) >= 11 is 0. The molecule has 0 aromatic rings. The average molecular weight is 100 g/mol. The molecular formula is C5H8O2. The highest BCUT2D eigenvalue weighted by molar-refractivity contribution is 5.64. The molecule has 2 nitrogen and oxygen atoms in total. The average Bonchev–Trinajstić information content (AvgIpc) is 1.69. The lowest BCUT2D eigenvalue weighted by atomic mass is 10.7. The first-order valence-corrected chi connectivity index (χ1v) is 2.13. The van der Waals surface area contributed by atoms with Crippen molar-refractivity contribution in [2.45, 2.75) is 6.92 Å². The van der Waals surface area contributed by atoms with E-state index in [0.29, 0.717) is 12.9 Å². The van der Waals surface area contributed by atoms with Gasteiger partial charge in [-0.05, 0) is 6.92 Å². The number of allylic oxidation sites excluding steroid dienone is 1. The van der Waals surface area contributed by atoms with E-state index in [4.69, 9.17) is 0 Å². The van der Waals surface area contributed by atoms with Crippen molar-refractivity contribution in [3.05, 3.63) is 12.3 Å². The van der Waals surface area contributed by atoms with E-state index >= 15 is 0 Å². The Morgan fingerprint density at radius 3 is 2.86 bits per heavy atom. The van der Waals surface area contributed by atoms with Crippen LogP contribution >= 0.6 is 0 Å². The highest BCUT2D eigenvalue weighted by Gasteiger charge is 1.64. The molecule has 0 rings (SSSR count). The molecule has 0 aliphatic heterocycles. The Morgan fingerprint density at radius 1 is 1.71 bits per heavy atom. The molecule has 0 radical (unpaired) electrons. The van der Waals surface area contributed by atoms with Crippen LogP contribution in [-0.2, 0) is 9.53 Å². The minimum Gasteiger partial charge on any atom is -0.501 e. The van der Waals surface area contributed by atoms with Gasteiger partial charge < -0.3 is 4.74 Å². The van der Waals surface area contributed by atoms with Gasteiger partial charge in [-0.15, -0.1) is 0 Å². The molecule has 0 atom stereocenters. The second-order valence-electron chi connectivity index (χ2n) is 0.920. The molecule has 0 N–H and O–H groups in total. The predicted molar refractivity (Wildman–Crippen MR) is 26.8 cm³/mol. The summed E-state index contributed by atoms with van der Waals surface area (Å²) in [5.74, 6) is 0. The van der Waals surface area contributed by atoms with Crippen molar-refractivity contribution in [3.63, 3.8) is 0 Å². The maximum atomic E-state index is 9.51. The molecule has 0 aromatic heterocycles. The van der Waals surface area contributed by atoms with Gasteiger partial charge in [-0.2, -0.15) is 0 Å². The smallest absolute Gasteiger partial charge is 0.145 e. The Balaban J connectivity index is 2.92. The Labute approximate surface area is 42.8 Å². The second-order valence-corrected chi connectivity index (χ2v) is 0.920. The van der Waals surface area contributed by atoms with Gasteiger partial charge >= 0.3 is 0 Å². The third-order valence-electron chi connectivity index (χ3n) is 0.420. The van der Waals surface area contributed by atoms with Gasteiger partial charge in [-0.25, -0.2) is 0 Å². The normalized spacial score (nSPS) is 9.29. The van der Waals surface area contributed by atoms with Crippen LogP contribution in [0.2, 0.25) is 0 Å². The zero-order chi connectivity index (χ0) is 5.54. The lowest BCUT2D eigenvalue weighted by Gasteiger charge is -1.86. The number of aldehydes is 1. The fraction of sp³-hybridized carbons (Fsp3) is 0.400. The summed E-state index contributed by atoms with van der Waals surface area (Å²) in [4.78, 5) is 9.51. The third-order valence-corrected chi connectivity index (χ3v) is 0.420. The number of hydrogen-bond donors (Lipinski definition) is 0. The lowest BCUT2D eigenvalue weighted by Crippen LogP contribution is -1.75. The van der Waals surface area contributed by atoms with E-state index in [1.165, 1.54) is 12.3 Å². The maximum absolute atomic E-state index is 9.51. The molecule has 0 spiro atoms. The molecule has 0 fully saturated rings. The number of ether oxygens (including phenoxy) is 1. The summed E-state index contributed by atoms with van der Waals surface area (Å²) in [5.41, 5.74) is 0. The lowest BCUT2D eigenvalue weighted by molar-refractivity contribution is -0.104. The molecule has 0 bridgehead atoms. The number of carbonyl (C=O) groups is 1. The van der Waals surface area contributed by atoms with Crippen molar-refractivity contribution < 1.29 is 9.53 Å². The maximum Gasteiger partial charge on any atom is 0.145 e. The summed E-state index contributed by atoms with van der Waals surface area (Å²) < 4.78 is 4.66. The Kier molecular flexibility index (Phi) is 4.62. The van der Waals surface area contributed by atoms with Crippen LogP contribution in [0.3, 0.4) is 0 Å². The summed E-state index contributed by atoms with van der Waals surface area (Å²) in [6.07, 6.45) is 3.35. The first-order chi connectivity index (χ1) is 3.41. The van der Waals surface area contributed by atoms with Crippen LogP contribution < -0.4 is 0 Å². The van der Waals surface area contributed by atoms with E-state index in [2.05, 4.69) is 4.74 Å². The monoisotopic (exact) mass is 100 g/mol. The third kappa shape index (κ3) is 5.21. The molecule has 40 valence electrons. The Bertz CT molecular complexity index is 66.5. The van der Waals surface area contributed by atoms with Crippen molar-refractivity contribution in [1.29, 1.82) is 0 Å². The number of hydrogen-bond acceptors (Lipinski definition) is 2. The van der Waals surface area contributed by atoms with E-state index in [0.717, 1.165) is 0 Å². The molecule has 0 saturated carbocycles. The molecular weight excluding hydrogens is 92.1 g/mol. The molecule has 2 heteroatoms. The largest absolute Gasteiger partial charge is 0.501 e. The summed E-state index contributed by atoms with van der Waals surface area (Å²) in [6, 6.07) is 0. The highest BCUT2D eigenvalue weighted by atomic mass is 16.5.